The van der Waals surface area contributed by atoms with E-state index in [9.17, 15) is 0 Å². The van der Waals surface area contributed by atoms with Crippen molar-refractivity contribution in [3.8, 4) is 0 Å². The van der Waals surface area contributed by atoms with Gasteiger partial charge in [-0.2, -0.15) is 0 Å². The van der Waals surface area contributed by atoms with Crippen LogP contribution in [-0.4, -0.2) is 37.8 Å². The van der Waals surface area contributed by atoms with Gasteiger partial charge in [0, 0.05) is 11.5 Å². The first-order chi connectivity index (χ1) is 14.3. The standard InChI is InChI=1S/C24H28O5/c1-3-14-25-23-17(2)21(26-15-18-10-6-4-7-11-18)22-20(28-23)16-27-24(29-22)19-12-8-5-9-13-19/h3-13,17,20-24H,1,14-16H2,2H3/t17?,20?,21-,22+,23+,24?/m0/s1. The Labute approximate surface area is 172 Å². The lowest BCUT2D eigenvalue weighted by Gasteiger charge is -2.48. The van der Waals surface area contributed by atoms with Gasteiger partial charge in [-0.1, -0.05) is 73.7 Å². The van der Waals surface area contributed by atoms with Crippen LogP contribution in [0.5, 0.6) is 0 Å². The smallest absolute Gasteiger partial charge is 0.184 e. The molecule has 2 aliphatic rings. The maximum absolute atomic E-state index is 6.38. The molecule has 0 radical (unpaired) electrons. The Hall–Kier alpha value is -2.02. The second kappa shape index (κ2) is 9.65. The normalized spacial score (nSPS) is 31.8. The maximum atomic E-state index is 6.38. The zero-order chi connectivity index (χ0) is 20.1. The summed E-state index contributed by atoms with van der Waals surface area (Å²) in [5, 5.41) is 0. The number of hydrogen-bond donors (Lipinski definition) is 0. The highest BCUT2D eigenvalue weighted by Gasteiger charge is 2.49. The predicted octanol–water partition coefficient (Wildman–Crippen LogP) is 4.25. The van der Waals surface area contributed by atoms with Crippen molar-refractivity contribution in [2.45, 2.75) is 44.4 Å². The molecule has 3 unspecified atom stereocenters. The first-order valence-corrected chi connectivity index (χ1v) is 10.1. The molecule has 2 fully saturated rings. The second-order valence-electron chi connectivity index (χ2n) is 7.46. The molecule has 5 nitrogen and oxygen atoms in total. The Kier molecular flexibility index (Phi) is 6.74. The van der Waals surface area contributed by atoms with Gasteiger partial charge in [-0.05, 0) is 5.56 Å². The number of fused-ring (bicyclic) bond motifs is 1. The molecule has 154 valence electrons. The third-order valence-electron chi connectivity index (χ3n) is 5.37. The van der Waals surface area contributed by atoms with E-state index in [0.29, 0.717) is 19.8 Å². The third kappa shape index (κ3) is 4.77. The molecule has 2 heterocycles. The van der Waals surface area contributed by atoms with Gasteiger partial charge in [-0.25, -0.2) is 0 Å². The second-order valence-corrected chi connectivity index (χ2v) is 7.46. The minimum Gasteiger partial charge on any atom is -0.370 e. The van der Waals surface area contributed by atoms with Crippen molar-refractivity contribution in [3.63, 3.8) is 0 Å². The molecule has 5 heteroatoms. The van der Waals surface area contributed by atoms with Crippen molar-refractivity contribution in [1.29, 1.82) is 0 Å². The van der Waals surface area contributed by atoms with Crippen LogP contribution in [0.3, 0.4) is 0 Å². The van der Waals surface area contributed by atoms with E-state index >= 15 is 0 Å². The molecule has 2 aromatic carbocycles. The summed E-state index contributed by atoms with van der Waals surface area (Å²) in [5.74, 6) is -0.00515. The van der Waals surface area contributed by atoms with Gasteiger partial charge in [0.05, 0.1) is 25.9 Å². The van der Waals surface area contributed by atoms with Crippen molar-refractivity contribution < 1.29 is 23.7 Å². The Morgan fingerprint density at radius 2 is 1.72 bits per heavy atom. The van der Waals surface area contributed by atoms with Crippen molar-refractivity contribution in [3.05, 3.63) is 84.4 Å². The quantitative estimate of drug-likeness (QED) is 0.655. The van der Waals surface area contributed by atoms with Crippen LogP contribution in [0.1, 0.15) is 24.3 Å². The van der Waals surface area contributed by atoms with Crippen LogP contribution in [0.15, 0.2) is 73.3 Å². The average Bonchev–Trinajstić information content (AvgIpc) is 2.78. The van der Waals surface area contributed by atoms with Crippen molar-refractivity contribution in [2.24, 2.45) is 5.92 Å². The fourth-order valence-corrected chi connectivity index (χ4v) is 3.85. The molecule has 4 rings (SSSR count). The van der Waals surface area contributed by atoms with Crippen molar-refractivity contribution >= 4 is 0 Å². The van der Waals surface area contributed by atoms with E-state index in [1.54, 1.807) is 6.08 Å². The highest BCUT2D eigenvalue weighted by Crippen LogP contribution is 2.38. The monoisotopic (exact) mass is 396 g/mol. The van der Waals surface area contributed by atoms with E-state index in [1.807, 2.05) is 48.5 Å². The van der Waals surface area contributed by atoms with E-state index < -0.39 is 12.6 Å². The summed E-state index contributed by atoms with van der Waals surface area (Å²) in [6.45, 7) is 7.17. The van der Waals surface area contributed by atoms with Crippen LogP contribution in [0.2, 0.25) is 0 Å². The van der Waals surface area contributed by atoms with Crippen molar-refractivity contribution in [2.75, 3.05) is 13.2 Å². The number of benzene rings is 2. The third-order valence-corrected chi connectivity index (χ3v) is 5.37. The summed E-state index contributed by atoms with van der Waals surface area (Å²) in [4.78, 5) is 0. The van der Waals surface area contributed by atoms with Crippen molar-refractivity contribution in [1.82, 2.24) is 0 Å². The minimum atomic E-state index is -0.429. The molecule has 29 heavy (non-hydrogen) atoms. The molecule has 0 bridgehead atoms. The molecule has 0 aliphatic carbocycles. The summed E-state index contributed by atoms with van der Waals surface area (Å²) in [6, 6.07) is 20.1. The van der Waals surface area contributed by atoms with Gasteiger partial charge in [-0.3, -0.25) is 0 Å². The number of hydrogen-bond acceptors (Lipinski definition) is 5. The van der Waals surface area contributed by atoms with Crippen LogP contribution < -0.4 is 0 Å². The molecule has 2 aromatic rings. The lowest BCUT2D eigenvalue weighted by molar-refractivity contribution is -0.356. The molecule has 6 atom stereocenters. The Balaban J connectivity index is 1.51. The van der Waals surface area contributed by atoms with E-state index in [-0.39, 0.29) is 24.2 Å². The largest absolute Gasteiger partial charge is 0.370 e. The first kappa shape index (κ1) is 20.3. The van der Waals surface area contributed by atoms with E-state index in [1.165, 1.54) is 0 Å². The summed E-state index contributed by atoms with van der Waals surface area (Å²) in [6.07, 6.45) is 0.232. The molecule has 2 saturated heterocycles. The topological polar surface area (TPSA) is 46.2 Å². The minimum absolute atomic E-state index is 0.00515. The van der Waals surface area contributed by atoms with Crippen LogP contribution in [-0.2, 0) is 30.3 Å². The molecule has 0 saturated carbocycles. The molecular weight excluding hydrogens is 368 g/mol. The fourth-order valence-electron chi connectivity index (χ4n) is 3.85. The number of rotatable bonds is 7. The van der Waals surface area contributed by atoms with Gasteiger partial charge in [0.1, 0.15) is 12.2 Å². The molecular formula is C24H28O5. The summed E-state index contributed by atoms with van der Waals surface area (Å²) >= 11 is 0. The summed E-state index contributed by atoms with van der Waals surface area (Å²) < 4.78 is 30.7. The molecule has 0 N–H and O–H groups in total. The average molecular weight is 396 g/mol. The maximum Gasteiger partial charge on any atom is 0.184 e. The summed E-state index contributed by atoms with van der Waals surface area (Å²) in [5.41, 5.74) is 2.11. The fraction of sp³-hybridized carbons (Fsp3) is 0.417. The zero-order valence-electron chi connectivity index (χ0n) is 16.7. The molecule has 0 amide bonds. The van der Waals surface area contributed by atoms with E-state index in [2.05, 4.69) is 25.6 Å². The van der Waals surface area contributed by atoms with Gasteiger partial charge in [0.2, 0.25) is 0 Å². The zero-order valence-corrected chi connectivity index (χ0v) is 16.7. The highest BCUT2D eigenvalue weighted by molar-refractivity contribution is 5.17. The Morgan fingerprint density at radius 1 is 1.00 bits per heavy atom. The van der Waals surface area contributed by atoms with Gasteiger partial charge >= 0.3 is 0 Å². The summed E-state index contributed by atoms with van der Waals surface area (Å²) in [7, 11) is 0. The van der Waals surface area contributed by atoms with Gasteiger partial charge in [0.25, 0.3) is 0 Å². The van der Waals surface area contributed by atoms with E-state index in [0.717, 1.165) is 11.1 Å². The van der Waals surface area contributed by atoms with Crippen LogP contribution >= 0.6 is 0 Å². The Bertz CT molecular complexity index is 765. The van der Waals surface area contributed by atoms with E-state index in [4.69, 9.17) is 23.7 Å². The molecule has 2 aliphatic heterocycles. The lowest BCUT2D eigenvalue weighted by atomic mass is 9.91. The number of ether oxygens (including phenoxy) is 5. The molecule has 0 aromatic heterocycles. The lowest BCUT2D eigenvalue weighted by Crippen LogP contribution is -2.59. The van der Waals surface area contributed by atoms with Crippen LogP contribution in [0.4, 0.5) is 0 Å². The van der Waals surface area contributed by atoms with Crippen LogP contribution in [0.25, 0.3) is 0 Å². The molecule has 0 spiro atoms. The van der Waals surface area contributed by atoms with Gasteiger partial charge in [0.15, 0.2) is 12.6 Å². The van der Waals surface area contributed by atoms with Gasteiger partial charge < -0.3 is 23.7 Å². The SMILES string of the molecule is C=CCO[C@@H]1OC2COC(c3ccccc3)O[C@H]2[C@@H](OCc2ccccc2)C1C. The first-order valence-electron chi connectivity index (χ1n) is 10.1. The predicted molar refractivity (Wildman–Crippen MR) is 109 cm³/mol. The Morgan fingerprint density at radius 3 is 2.45 bits per heavy atom. The van der Waals surface area contributed by atoms with Crippen LogP contribution in [0, 0.1) is 5.92 Å². The van der Waals surface area contributed by atoms with Gasteiger partial charge in [-0.15, -0.1) is 6.58 Å². The highest BCUT2D eigenvalue weighted by atomic mass is 16.7.